The van der Waals surface area contributed by atoms with Crippen LogP contribution >= 0.6 is 0 Å². The van der Waals surface area contributed by atoms with E-state index in [-0.39, 0.29) is 11.1 Å². The van der Waals surface area contributed by atoms with E-state index in [0.29, 0.717) is 44.8 Å². The maximum absolute atomic E-state index is 14.7. The Morgan fingerprint density at radius 2 is 0.911 bits per heavy atom. The summed E-state index contributed by atoms with van der Waals surface area (Å²) < 4.78 is 1.96. The normalized spacial score (nSPS) is 11.9. The molecule has 2 heterocycles. The smallest absolute Gasteiger partial charge is 0.268 e. The molecular weight excluding hydrogens is 693 g/mol. The van der Waals surface area contributed by atoms with Gasteiger partial charge in [0.1, 0.15) is 0 Å². The number of imide groups is 1. The van der Waals surface area contributed by atoms with Gasteiger partial charge in [-0.2, -0.15) is 21.0 Å². The van der Waals surface area contributed by atoms with E-state index in [1.54, 1.807) is 42.5 Å². The lowest BCUT2D eigenvalue weighted by molar-refractivity contribution is 0.0926. The second-order valence-corrected chi connectivity index (χ2v) is 13.4. The summed E-state index contributed by atoms with van der Waals surface area (Å²) in [5, 5.41) is 40.6. The van der Waals surface area contributed by atoms with Crippen LogP contribution in [0.15, 0.2) is 146 Å². The highest BCUT2D eigenvalue weighted by atomic mass is 16.2. The van der Waals surface area contributed by atoms with Crippen molar-refractivity contribution >= 4 is 39.3 Å². The first-order valence-electron chi connectivity index (χ1n) is 17.6. The SMILES string of the molecule is N#Cc1cc(C#N)cc(-c2ccc3c4ccc(-c5cc(C#N)cc(C#N)c5)cc4n(-c4cccc5c4C(=O)N(c4cccc(-c6ccccc6)c4)C5=O)c3c2)c1. The van der Waals surface area contributed by atoms with Crippen LogP contribution in [0.3, 0.4) is 0 Å². The minimum absolute atomic E-state index is 0.244. The van der Waals surface area contributed by atoms with Gasteiger partial charge in [0, 0.05) is 10.8 Å². The van der Waals surface area contributed by atoms with Crippen LogP contribution in [0.4, 0.5) is 5.69 Å². The van der Waals surface area contributed by atoms with Crippen molar-refractivity contribution in [3.63, 3.8) is 0 Å². The largest absolute Gasteiger partial charge is 0.308 e. The zero-order chi connectivity index (χ0) is 38.5. The summed E-state index contributed by atoms with van der Waals surface area (Å²) in [5.41, 5.74) is 8.93. The molecule has 0 aliphatic carbocycles. The molecule has 1 aliphatic rings. The van der Waals surface area contributed by atoms with Crippen LogP contribution in [0.25, 0.3) is 60.9 Å². The maximum Gasteiger partial charge on any atom is 0.268 e. The number of fused-ring (bicyclic) bond motifs is 4. The molecule has 1 aromatic heterocycles. The topological polar surface area (TPSA) is 137 Å². The number of carbonyl (C=O) groups is 2. The fourth-order valence-corrected chi connectivity index (χ4v) is 7.63. The van der Waals surface area contributed by atoms with Crippen molar-refractivity contribution in [2.24, 2.45) is 0 Å². The average molecular weight is 717 g/mol. The standard InChI is InChI=1S/C48H24N6O2/c49-25-29-16-30(26-50)19-37(18-29)35-12-14-40-41-15-13-36(38-20-31(27-51)17-32(21-38)28-52)24-45(41)54(44(40)23-35)43-11-5-10-42-46(43)48(56)53(47(42)55)39-9-4-8-34(22-39)33-6-2-1-3-7-33/h1-24H. The molecule has 2 amide bonds. The van der Waals surface area contributed by atoms with Crippen LogP contribution in [0.1, 0.15) is 43.0 Å². The monoisotopic (exact) mass is 716 g/mol. The third kappa shape index (κ3) is 5.36. The fourth-order valence-electron chi connectivity index (χ4n) is 7.63. The molecule has 0 bridgehead atoms. The minimum Gasteiger partial charge on any atom is -0.308 e. The molecule has 0 radical (unpaired) electrons. The van der Waals surface area contributed by atoms with Crippen molar-refractivity contribution in [1.29, 1.82) is 21.0 Å². The van der Waals surface area contributed by atoms with Gasteiger partial charge in [0.15, 0.2) is 0 Å². The van der Waals surface area contributed by atoms with Crippen molar-refractivity contribution in [3.05, 3.63) is 179 Å². The van der Waals surface area contributed by atoms with Gasteiger partial charge in [-0.3, -0.25) is 9.59 Å². The molecule has 56 heavy (non-hydrogen) atoms. The lowest BCUT2D eigenvalue weighted by Gasteiger charge is -2.16. The summed E-state index contributed by atoms with van der Waals surface area (Å²) in [6.07, 6.45) is 0. The third-order valence-corrected chi connectivity index (χ3v) is 10.2. The molecule has 0 spiro atoms. The maximum atomic E-state index is 14.7. The number of amides is 2. The van der Waals surface area contributed by atoms with E-state index in [9.17, 15) is 30.6 Å². The van der Waals surface area contributed by atoms with Crippen LogP contribution in [0, 0.1) is 45.3 Å². The Hall–Kier alpha value is -8.56. The molecular formula is C48H24N6O2. The number of nitriles is 4. The Morgan fingerprint density at radius 1 is 0.411 bits per heavy atom. The third-order valence-electron chi connectivity index (χ3n) is 10.2. The molecule has 0 N–H and O–H groups in total. The van der Waals surface area contributed by atoms with Gasteiger partial charge in [-0.1, -0.05) is 72.8 Å². The van der Waals surface area contributed by atoms with Gasteiger partial charge >= 0.3 is 0 Å². The van der Waals surface area contributed by atoms with Crippen molar-refractivity contribution in [2.75, 3.05) is 4.90 Å². The Balaban J connectivity index is 1.29. The number of aromatic nitrogens is 1. The highest BCUT2D eigenvalue weighted by Gasteiger charge is 2.39. The number of carbonyl (C=O) groups excluding carboxylic acids is 2. The Kier molecular flexibility index (Phi) is 7.81. The number of benzene rings is 7. The summed E-state index contributed by atoms with van der Waals surface area (Å²) in [6.45, 7) is 0. The lowest BCUT2D eigenvalue weighted by atomic mass is 9.98. The van der Waals surface area contributed by atoms with Gasteiger partial charge in [-0.25, -0.2) is 4.90 Å². The summed E-state index contributed by atoms with van der Waals surface area (Å²) in [6, 6.07) is 52.6. The van der Waals surface area contributed by atoms with Crippen LogP contribution < -0.4 is 4.90 Å². The van der Waals surface area contributed by atoms with E-state index in [1.807, 2.05) is 95.6 Å². The zero-order valence-electron chi connectivity index (χ0n) is 29.4. The molecule has 8 aromatic rings. The van der Waals surface area contributed by atoms with Gasteiger partial charge in [-0.05, 0) is 106 Å². The number of rotatable bonds is 5. The molecule has 0 unspecified atom stereocenters. The van der Waals surface area contributed by atoms with Crippen molar-refractivity contribution in [1.82, 2.24) is 4.57 Å². The molecule has 8 heteroatoms. The quantitative estimate of drug-likeness (QED) is 0.163. The summed E-state index contributed by atoms with van der Waals surface area (Å²) in [7, 11) is 0. The van der Waals surface area contributed by atoms with Crippen molar-refractivity contribution < 1.29 is 9.59 Å². The second-order valence-electron chi connectivity index (χ2n) is 13.4. The minimum atomic E-state index is -0.464. The predicted octanol–water partition coefficient (Wildman–Crippen LogP) is 10.1. The van der Waals surface area contributed by atoms with E-state index in [2.05, 4.69) is 24.3 Å². The molecule has 8 nitrogen and oxygen atoms in total. The Morgan fingerprint density at radius 3 is 1.45 bits per heavy atom. The molecule has 7 aromatic carbocycles. The van der Waals surface area contributed by atoms with Crippen LogP contribution in [0.2, 0.25) is 0 Å². The predicted molar refractivity (Wildman–Crippen MR) is 214 cm³/mol. The summed E-state index contributed by atoms with van der Waals surface area (Å²) in [5.74, 6) is -0.900. The summed E-state index contributed by atoms with van der Waals surface area (Å²) in [4.78, 5) is 30.1. The lowest BCUT2D eigenvalue weighted by Crippen LogP contribution is -2.29. The Bertz CT molecular complexity index is 2990. The van der Waals surface area contributed by atoms with Gasteiger partial charge in [0.25, 0.3) is 11.8 Å². The average Bonchev–Trinajstić information content (AvgIpc) is 3.72. The summed E-state index contributed by atoms with van der Waals surface area (Å²) >= 11 is 0. The van der Waals surface area contributed by atoms with E-state index in [0.717, 1.165) is 44.1 Å². The number of nitrogens with zero attached hydrogens (tertiary/aromatic N) is 6. The molecule has 1 aliphatic heterocycles. The van der Waals surface area contributed by atoms with E-state index < -0.39 is 11.8 Å². The first-order chi connectivity index (χ1) is 27.4. The molecule has 0 saturated carbocycles. The number of hydrogen-bond acceptors (Lipinski definition) is 6. The molecule has 258 valence electrons. The van der Waals surface area contributed by atoms with Crippen molar-refractivity contribution in [2.45, 2.75) is 0 Å². The van der Waals surface area contributed by atoms with E-state index in [4.69, 9.17) is 0 Å². The highest BCUT2D eigenvalue weighted by molar-refractivity contribution is 6.36. The molecule has 0 atom stereocenters. The highest BCUT2D eigenvalue weighted by Crippen LogP contribution is 2.41. The van der Waals surface area contributed by atoms with Gasteiger partial charge in [0.05, 0.1) is 80.1 Å². The van der Waals surface area contributed by atoms with Crippen molar-refractivity contribution in [3.8, 4) is 63.3 Å². The van der Waals surface area contributed by atoms with E-state index in [1.165, 1.54) is 17.0 Å². The number of hydrogen-bond donors (Lipinski definition) is 0. The Labute approximate surface area is 320 Å². The first-order valence-corrected chi connectivity index (χ1v) is 17.6. The fraction of sp³-hybridized carbons (Fsp3) is 0. The zero-order valence-corrected chi connectivity index (χ0v) is 29.4. The van der Waals surface area contributed by atoms with E-state index >= 15 is 0 Å². The van der Waals surface area contributed by atoms with Gasteiger partial charge in [-0.15, -0.1) is 0 Å². The first kappa shape index (κ1) is 33.3. The van der Waals surface area contributed by atoms with Gasteiger partial charge in [0.2, 0.25) is 0 Å². The molecule has 0 saturated heterocycles. The second kappa shape index (κ2) is 13.1. The molecule has 9 rings (SSSR count). The number of anilines is 1. The van der Waals surface area contributed by atoms with Gasteiger partial charge < -0.3 is 4.57 Å². The molecule has 0 fully saturated rings. The van der Waals surface area contributed by atoms with Crippen LogP contribution in [-0.2, 0) is 0 Å². The van der Waals surface area contributed by atoms with Crippen LogP contribution in [-0.4, -0.2) is 16.4 Å². The van der Waals surface area contributed by atoms with Crippen LogP contribution in [0.5, 0.6) is 0 Å².